The van der Waals surface area contributed by atoms with Gasteiger partial charge in [-0.1, -0.05) is 34.1 Å². The van der Waals surface area contributed by atoms with Gasteiger partial charge in [-0.15, -0.1) is 0 Å². The molecule has 2 aliphatic heterocycles. The Morgan fingerprint density at radius 2 is 1.91 bits per heavy atom. The molecule has 2 aromatic carbocycles. The summed E-state index contributed by atoms with van der Waals surface area (Å²) < 4.78 is 14.2. The molecular formula is C19H15BrFNO. The van der Waals surface area contributed by atoms with Crippen LogP contribution in [0.4, 0.5) is 10.1 Å². The maximum absolute atomic E-state index is 13.3. The van der Waals surface area contributed by atoms with Crippen molar-refractivity contribution in [3.8, 4) is 0 Å². The Morgan fingerprint density at radius 1 is 1.17 bits per heavy atom. The summed E-state index contributed by atoms with van der Waals surface area (Å²) in [5.74, 6) is -0.0889. The summed E-state index contributed by atoms with van der Waals surface area (Å²) in [5.41, 5.74) is 3.63. The van der Waals surface area contributed by atoms with Gasteiger partial charge in [-0.25, -0.2) is 4.39 Å². The first-order chi connectivity index (χ1) is 11.0. The topological polar surface area (TPSA) is 20.3 Å². The zero-order valence-electron chi connectivity index (χ0n) is 12.6. The van der Waals surface area contributed by atoms with Crippen molar-refractivity contribution in [1.82, 2.24) is 0 Å². The fourth-order valence-corrected chi connectivity index (χ4v) is 3.95. The van der Waals surface area contributed by atoms with Gasteiger partial charge in [-0.2, -0.15) is 0 Å². The largest absolute Gasteiger partial charge is 0.302 e. The summed E-state index contributed by atoms with van der Waals surface area (Å²) in [6, 6.07) is 12.5. The highest BCUT2D eigenvalue weighted by molar-refractivity contribution is 9.10. The van der Waals surface area contributed by atoms with Crippen LogP contribution in [0.15, 0.2) is 53.0 Å². The smallest absolute Gasteiger partial charge is 0.227 e. The Bertz CT molecular complexity index is 843. The molecule has 0 N–H and O–H groups in total. The average Bonchev–Trinajstić information content (AvgIpc) is 2.83. The predicted octanol–water partition coefficient (Wildman–Crippen LogP) is 4.92. The molecule has 0 radical (unpaired) electrons. The van der Waals surface area contributed by atoms with Crippen molar-refractivity contribution in [2.75, 3.05) is 4.90 Å². The van der Waals surface area contributed by atoms with Crippen molar-refractivity contribution in [3.05, 3.63) is 70.0 Å². The molecule has 1 fully saturated rings. The highest BCUT2D eigenvalue weighted by atomic mass is 79.9. The fourth-order valence-electron chi connectivity index (χ4n) is 3.59. The number of halogens is 2. The van der Waals surface area contributed by atoms with Crippen molar-refractivity contribution in [3.63, 3.8) is 0 Å². The van der Waals surface area contributed by atoms with Crippen LogP contribution < -0.4 is 4.90 Å². The number of fused-ring (bicyclic) bond motifs is 3. The quantitative estimate of drug-likeness (QED) is 0.696. The molecule has 2 aliphatic rings. The van der Waals surface area contributed by atoms with Gasteiger partial charge in [0, 0.05) is 16.5 Å². The number of carbonyl (C=O) groups is 1. The summed E-state index contributed by atoms with van der Waals surface area (Å²) in [6.45, 7) is 2.09. The zero-order chi connectivity index (χ0) is 16.2. The van der Waals surface area contributed by atoms with E-state index in [0.717, 1.165) is 33.3 Å². The third kappa shape index (κ3) is 2.24. The number of carbonyl (C=O) groups excluding carboxylic acids is 1. The highest BCUT2D eigenvalue weighted by Gasteiger charge is 2.44. The van der Waals surface area contributed by atoms with Crippen LogP contribution in [0.3, 0.4) is 0 Å². The van der Waals surface area contributed by atoms with Crippen LogP contribution >= 0.6 is 15.9 Å². The van der Waals surface area contributed by atoms with Crippen LogP contribution in [-0.2, 0) is 4.79 Å². The number of hydrogen-bond acceptors (Lipinski definition) is 1. The molecule has 0 aliphatic carbocycles. The van der Waals surface area contributed by atoms with E-state index in [4.69, 9.17) is 0 Å². The van der Waals surface area contributed by atoms with Crippen LogP contribution in [0.5, 0.6) is 0 Å². The van der Waals surface area contributed by atoms with Crippen LogP contribution in [0.25, 0.3) is 5.57 Å². The van der Waals surface area contributed by atoms with Crippen molar-refractivity contribution < 1.29 is 9.18 Å². The van der Waals surface area contributed by atoms with E-state index in [0.29, 0.717) is 6.42 Å². The standard InChI is InChI=1S/C19H15BrFNO/c1-19-9-8-18(23)22(19)17-7-4-13(20)10-15(17)16(11-19)12-2-5-14(21)6-3-12/h2-7,10-11H,8-9H2,1H3. The van der Waals surface area contributed by atoms with Gasteiger partial charge >= 0.3 is 0 Å². The van der Waals surface area contributed by atoms with E-state index < -0.39 is 0 Å². The lowest BCUT2D eigenvalue weighted by atomic mass is 9.84. The van der Waals surface area contributed by atoms with E-state index in [2.05, 4.69) is 28.9 Å². The maximum Gasteiger partial charge on any atom is 0.227 e. The van der Waals surface area contributed by atoms with Crippen LogP contribution in [0.2, 0.25) is 0 Å². The van der Waals surface area contributed by atoms with E-state index in [1.807, 2.05) is 23.1 Å². The number of rotatable bonds is 1. The van der Waals surface area contributed by atoms with Gasteiger partial charge in [0.15, 0.2) is 0 Å². The Hall–Kier alpha value is -1.94. The van der Waals surface area contributed by atoms with Crippen LogP contribution in [-0.4, -0.2) is 11.4 Å². The molecule has 0 saturated carbocycles. The third-order valence-electron chi connectivity index (χ3n) is 4.71. The Kier molecular flexibility index (Phi) is 3.20. The molecule has 0 bridgehead atoms. The van der Waals surface area contributed by atoms with Gasteiger partial charge in [0.1, 0.15) is 5.82 Å². The fraction of sp³-hybridized carbons (Fsp3) is 0.211. The van der Waals surface area contributed by atoms with Crippen LogP contribution in [0, 0.1) is 5.82 Å². The lowest BCUT2D eigenvalue weighted by molar-refractivity contribution is -0.117. The molecular weight excluding hydrogens is 357 g/mol. The molecule has 1 saturated heterocycles. The summed E-state index contributed by atoms with van der Waals surface area (Å²) in [5, 5.41) is 0. The van der Waals surface area contributed by atoms with E-state index in [9.17, 15) is 9.18 Å². The van der Waals surface area contributed by atoms with Crippen molar-refractivity contribution in [2.45, 2.75) is 25.3 Å². The molecule has 2 nitrogen and oxygen atoms in total. The lowest BCUT2D eigenvalue weighted by Crippen LogP contribution is -2.44. The zero-order valence-corrected chi connectivity index (χ0v) is 14.2. The lowest BCUT2D eigenvalue weighted by Gasteiger charge is -2.39. The minimum Gasteiger partial charge on any atom is -0.302 e. The van der Waals surface area contributed by atoms with Crippen molar-refractivity contribution in [1.29, 1.82) is 0 Å². The maximum atomic E-state index is 13.3. The first-order valence-electron chi connectivity index (χ1n) is 7.60. The molecule has 1 atom stereocenters. The third-order valence-corrected chi connectivity index (χ3v) is 5.20. The molecule has 0 spiro atoms. The summed E-state index contributed by atoms with van der Waals surface area (Å²) in [6.07, 6.45) is 3.51. The predicted molar refractivity (Wildman–Crippen MR) is 92.7 cm³/mol. The van der Waals surface area contributed by atoms with Crippen molar-refractivity contribution >= 4 is 33.1 Å². The minimum absolute atomic E-state index is 0.158. The van der Waals surface area contributed by atoms with Gasteiger partial charge in [-0.05, 0) is 54.8 Å². The summed E-state index contributed by atoms with van der Waals surface area (Å²) in [7, 11) is 0. The van der Waals surface area contributed by atoms with E-state index in [1.165, 1.54) is 12.1 Å². The van der Waals surface area contributed by atoms with E-state index in [1.54, 1.807) is 12.1 Å². The number of nitrogens with zero attached hydrogens (tertiary/aromatic N) is 1. The average molecular weight is 372 g/mol. The molecule has 4 heteroatoms. The SMILES string of the molecule is CC12C=C(c3ccc(F)cc3)c3cc(Br)ccc3N1C(=O)CC2. The molecule has 4 rings (SSSR count). The first-order valence-corrected chi connectivity index (χ1v) is 8.39. The van der Waals surface area contributed by atoms with Gasteiger partial charge in [0.2, 0.25) is 5.91 Å². The monoisotopic (exact) mass is 371 g/mol. The van der Waals surface area contributed by atoms with E-state index >= 15 is 0 Å². The molecule has 1 amide bonds. The van der Waals surface area contributed by atoms with Crippen LogP contribution in [0.1, 0.15) is 30.9 Å². The molecule has 23 heavy (non-hydrogen) atoms. The normalized spacial score (nSPS) is 22.7. The van der Waals surface area contributed by atoms with Gasteiger partial charge in [-0.3, -0.25) is 4.79 Å². The molecule has 1 unspecified atom stereocenters. The second kappa shape index (κ2) is 5.03. The number of benzene rings is 2. The Balaban J connectivity index is 1.97. The molecule has 2 aromatic rings. The number of anilines is 1. The summed E-state index contributed by atoms with van der Waals surface area (Å²) >= 11 is 3.51. The second-order valence-electron chi connectivity index (χ2n) is 6.31. The first kappa shape index (κ1) is 14.6. The highest BCUT2D eigenvalue weighted by Crippen LogP contribution is 2.47. The molecule has 2 heterocycles. The minimum atomic E-state index is -0.318. The summed E-state index contributed by atoms with van der Waals surface area (Å²) in [4.78, 5) is 14.3. The number of amides is 1. The number of hydrogen-bond donors (Lipinski definition) is 0. The molecule has 0 aromatic heterocycles. The van der Waals surface area contributed by atoms with Gasteiger partial charge in [0.25, 0.3) is 0 Å². The van der Waals surface area contributed by atoms with Crippen molar-refractivity contribution in [2.24, 2.45) is 0 Å². The second-order valence-corrected chi connectivity index (χ2v) is 7.23. The van der Waals surface area contributed by atoms with Gasteiger partial charge in [0.05, 0.1) is 11.2 Å². The Morgan fingerprint density at radius 3 is 2.65 bits per heavy atom. The Labute approximate surface area is 142 Å². The van der Waals surface area contributed by atoms with E-state index in [-0.39, 0.29) is 17.3 Å². The molecule has 116 valence electrons. The van der Waals surface area contributed by atoms with Gasteiger partial charge < -0.3 is 4.90 Å².